The molecule has 6 heteroatoms. The molecule has 0 nitrogen and oxygen atoms in total. The second-order valence-electron chi connectivity index (χ2n) is 14.6. The Hall–Kier alpha value is -4.92. The van der Waals surface area contributed by atoms with Crippen LogP contribution in [0.5, 0.6) is 0 Å². The normalized spacial score (nSPS) is 10.5. The molecule has 60 heavy (non-hydrogen) atoms. The third kappa shape index (κ3) is 11.5. The number of hydrogen-bond acceptors (Lipinski definition) is 6. The lowest BCUT2D eigenvalue weighted by atomic mass is 10.2. The van der Waals surface area contributed by atoms with Crippen molar-refractivity contribution in [2.75, 3.05) is 0 Å². The highest BCUT2D eigenvalue weighted by Gasteiger charge is 1.98. The Bertz CT molecular complexity index is 3000. The standard InChI is InChI=1S/6C9H8S/c1-7-2-3-9-8(6-7)4-5-10-9;1-7-2-3-8-4-5-10-9(8)6-7;1-7-3-2-4-9-8(7)5-6-10-9;1-7-3-2-4-8-5-6-10-9(7)8;1-7-6-10-9-5-3-2-4-8(7)9;1-7-6-8-4-2-3-5-9(8)10-7/h6*2-6H,1H3. The lowest BCUT2D eigenvalue weighted by Crippen LogP contribution is -1.68. The lowest BCUT2D eigenvalue weighted by Gasteiger charge is -1.91. The minimum absolute atomic E-state index is 1.34. The maximum absolute atomic E-state index is 2.22. The Kier molecular flexibility index (Phi) is 15.1. The number of thiophene rings is 6. The highest BCUT2D eigenvalue weighted by Crippen LogP contribution is 2.27. The van der Waals surface area contributed by atoms with Gasteiger partial charge in [-0.05, 0) is 184 Å². The van der Waals surface area contributed by atoms with Gasteiger partial charge in [-0.1, -0.05) is 96.6 Å². The number of rotatable bonds is 0. The van der Waals surface area contributed by atoms with Gasteiger partial charge < -0.3 is 0 Å². The number of hydrogen-bond donors (Lipinski definition) is 0. The highest BCUT2D eigenvalue weighted by atomic mass is 32.1. The summed E-state index contributed by atoms with van der Waals surface area (Å²) >= 11 is 10.9. The zero-order valence-electron chi connectivity index (χ0n) is 34.8. The van der Waals surface area contributed by atoms with Crippen molar-refractivity contribution in [3.8, 4) is 0 Å². The van der Waals surface area contributed by atoms with Crippen molar-refractivity contribution in [3.63, 3.8) is 0 Å². The summed E-state index contributed by atoms with van der Waals surface area (Å²) in [6, 6.07) is 53.7. The molecule has 12 rings (SSSR count). The Labute approximate surface area is 378 Å². The van der Waals surface area contributed by atoms with E-state index in [4.69, 9.17) is 0 Å². The van der Waals surface area contributed by atoms with Crippen LogP contribution in [0.15, 0.2) is 179 Å². The Balaban J connectivity index is 0.000000109. The summed E-state index contributed by atoms with van der Waals surface area (Å²) in [5.74, 6) is 0. The minimum atomic E-state index is 1.34. The van der Waals surface area contributed by atoms with Crippen LogP contribution in [-0.4, -0.2) is 0 Å². The van der Waals surface area contributed by atoms with Crippen LogP contribution in [0, 0.1) is 41.5 Å². The fourth-order valence-electron chi connectivity index (χ4n) is 6.66. The number of aryl methyl sites for hydroxylation is 6. The van der Waals surface area contributed by atoms with Crippen LogP contribution in [0.2, 0.25) is 0 Å². The molecule has 0 aliphatic rings. The molecule has 12 aromatic rings. The topological polar surface area (TPSA) is 0 Å². The van der Waals surface area contributed by atoms with E-state index < -0.39 is 0 Å². The van der Waals surface area contributed by atoms with Crippen LogP contribution in [0.3, 0.4) is 0 Å². The van der Waals surface area contributed by atoms with Gasteiger partial charge in [-0.25, -0.2) is 0 Å². The molecule has 0 aliphatic heterocycles. The minimum Gasteiger partial charge on any atom is -0.144 e. The molecule has 0 aliphatic carbocycles. The highest BCUT2D eigenvalue weighted by molar-refractivity contribution is 7.19. The third-order valence-electron chi connectivity index (χ3n) is 9.83. The molecule has 0 atom stereocenters. The summed E-state index contributed by atoms with van der Waals surface area (Å²) in [6.07, 6.45) is 0. The summed E-state index contributed by atoms with van der Waals surface area (Å²) in [5, 5.41) is 19.0. The maximum Gasteiger partial charge on any atom is 0.0371 e. The van der Waals surface area contributed by atoms with Gasteiger partial charge in [0.1, 0.15) is 0 Å². The lowest BCUT2D eigenvalue weighted by molar-refractivity contribution is 1.52. The molecule has 0 saturated carbocycles. The van der Waals surface area contributed by atoms with Crippen LogP contribution in [0.4, 0.5) is 0 Å². The van der Waals surface area contributed by atoms with E-state index in [1.54, 1.807) is 34.0 Å². The molecule has 0 radical (unpaired) electrons. The van der Waals surface area contributed by atoms with Crippen LogP contribution in [-0.2, 0) is 0 Å². The summed E-state index contributed by atoms with van der Waals surface area (Å²) in [6.45, 7) is 12.8. The van der Waals surface area contributed by atoms with Crippen LogP contribution in [0.1, 0.15) is 32.7 Å². The van der Waals surface area contributed by atoms with Crippen LogP contribution in [0.25, 0.3) is 60.5 Å². The maximum atomic E-state index is 2.22. The average Bonchev–Trinajstić information content (AvgIpc) is 4.12. The largest absolute Gasteiger partial charge is 0.144 e. The van der Waals surface area contributed by atoms with E-state index in [2.05, 4.69) is 220 Å². The molecule has 0 bridgehead atoms. The van der Waals surface area contributed by atoms with Crippen molar-refractivity contribution in [2.24, 2.45) is 0 Å². The van der Waals surface area contributed by atoms with Gasteiger partial charge in [0.05, 0.1) is 0 Å². The molecule has 0 N–H and O–H groups in total. The second kappa shape index (κ2) is 21.0. The van der Waals surface area contributed by atoms with Gasteiger partial charge in [-0.15, -0.1) is 68.0 Å². The zero-order valence-corrected chi connectivity index (χ0v) is 39.7. The van der Waals surface area contributed by atoms with Gasteiger partial charge in [-0.3, -0.25) is 0 Å². The Morgan fingerprint density at radius 3 is 1.68 bits per heavy atom. The first kappa shape index (κ1) is 43.2. The molecule has 0 spiro atoms. The zero-order chi connectivity index (χ0) is 41.8. The van der Waals surface area contributed by atoms with E-state index >= 15 is 0 Å². The average molecular weight is 889 g/mol. The van der Waals surface area contributed by atoms with Crippen molar-refractivity contribution in [3.05, 3.63) is 211 Å². The summed E-state index contributed by atoms with van der Waals surface area (Å²) in [7, 11) is 0. The van der Waals surface area contributed by atoms with Crippen molar-refractivity contribution in [1.29, 1.82) is 0 Å². The van der Waals surface area contributed by atoms with E-state index in [1.165, 1.54) is 93.2 Å². The van der Waals surface area contributed by atoms with Crippen molar-refractivity contribution in [2.45, 2.75) is 41.5 Å². The third-order valence-corrected chi connectivity index (χ3v) is 15.7. The second-order valence-corrected chi connectivity index (χ2v) is 20.5. The van der Waals surface area contributed by atoms with E-state index in [0.29, 0.717) is 0 Å². The summed E-state index contributed by atoms with van der Waals surface area (Å²) in [5.41, 5.74) is 6.83. The van der Waals surface area contributed by atoms with Gasteiger partial charge in [0.2, 0.25) is 0 Å². The van der Waals surface area contributed by atoms with Gasteiger partial charge in [0, 0.05) is 33.1 Å². The van der Waals surface area contributed by atoms with Gasteiger partial charge >= 0.3 is 0 Å². The summed E-state index contributed by atoms with van der Waals surface area (Å²) < 4.78 is 8.35. The Morgan fingerprint density at radius 1 is 0.317 bits per heavy atom. The molecular weight excluding hydrogens is 841 g/mol. The molecule has 6 aromatic carbocycles. The van der Waals surface area contributed by atoms with Crippen molar-refractivity contribution >= 4 is 129 Å². The molecule has 0 saturated heterocycles. The van der Waals surface area contributed by atoms with Crippen LogP contribution < -0.4 is 0 Å². The molecular formula is C54H48S6. The molecule has 0 amide bonds. The van der Waals surface area contributed by atoms with Gasteiger partial charge in [0.25, 0.3) is 0 Å². The molecule has 6 heterocycles. The molecule has 300 valence electrons. The first-order chi connectivity index (χ1) is 29.2. The van der Waals surface area contributed by atoms with Crippen molar-refractivity contribution in [1.82, 2.24) is 0 Å². The van der Waals surface area contributed by atoms with Gasteiger partial charge in [0.15, 0.2) is 0 Å². The van der Waals surface area contributed by atoms with Gasteiger partial charge in [-0.2, -0.15) is 0 Å². The molecule has 6 aromatic heterocycles. The van der Waals surface area contributed by atoms with Crippen molar-refractivity contribution < 1.29 is 0 Å². The number of benzene rings is 6. The molecule has 0 fully saturated rings. The predicted octanol–water partition coefficient (Wildman–Crippen LogP) is 19.3. The van der Waals surface area contributed by atoms with Crippen LogP contribution >= 0.6 is 68.0 Å². The quantitative estimate of drug-likeness (QED) is 0.142. The number of fused-ring (bicyclic) bond motifs is 6. The summed E-state index contributed by atoms with van der Waals surface area (Å²) in [4.78, 5) is 1.39. The fraction of sp³-hybridized carbons (Fsp3) is 0.111. The Morgan fingerprint density at radius 2 is 0.883 bits per heavy atom. The smallest absolute Gasteiger partial charge is 0.0371 e. The predicted molar refractivity (Wildman–Crippen MR) is 279 cm³/mol. The van der Waals surface area contributed by atoms with E-state index in [9.17, 15) is 0 Å². The monoisotopic (exact) mass is 888 g/mol. The fourth-order valence-corrected chi connectivity index (χ4v) is 11.9. The van der Waals surface area contributed by atoms with E-state index in [-0.39, 0.29) is 0 Å². The molecule has 0 unspecified atom stereocenters. The SMILES string of the molecule is Cc1cc2ccccc2s1.Cc1ccc2ccsc2c1.Cc1ccc2sccc2c1.Cc1cccc2ccsc12.Cc1cccc2sccc12.Cc1csc2ccccc12. The van der Waals surface area contributed by atoms with E-state index in [1.807, 2.05) is 34.0 Å². The first-order valence-electron chi connectivity index (χ1n) is 19.8. The first-order valence-corrected chi connectivity index (χ1v) is 25.0. The van der Waals surface area contributed by atoms with E-state index in [0.717, 1.165) is 0 Å².